The molecule has 2 fully saturated rings. The summed E-state index contributed by atoms with van der Waals surface area (Å²) in [7, 11) is 0. The van der Waals surface area contributed by atoms with Crippen molar-refractivity contribution < 1.29 is 28.8 Å². The predicted molar refractivity (Wildman–Crippen MR) is 156 cm³/mol. The van der Waals surface area contributed by atoms with Gasteiger partial charge in [0.05, 0.1) is 12.1 Å². The quantitative estimate of drug-likeness (QED) is 0.195. The minimum Gasteiger partial charge on any atom is -0.346 e. The number of carbonyl (C=O) groups excluding carboxylic acids is 6. The van der Waals surface area contributed by atoms with E-state index in [9.17, 15) is 28.8 Å². The van der Waals surface area contributed by atoms with Crippen molar-refractivity contribution in [3.05, 3.63) is 12.7 Å². The van der Waals surface area contributed by atoms with Crippen LogP contribution in [-0.2, 0) is 24.0 Å². The van der Waals surface area contributed by atoms with Gasteiger partial charge in [-0.05, 0) is 42.9 Å². The smallest absolute Gasteiger partial charge is 0.316 e. The Hall–Kier alpha value is -3.24. The van der Waals surface area contributed by atoms with Crippen LogP contribution in [0.3, 0.4) is 0 Å². The first-order valence-corrected chi connectivity index (χ1v) is 14.7. The molecule has 1 heterocycles. The number of nitrogens with one attached hydrogen (secondary N) is 4. The average molecular weight is 576 g/mol. The molecule has 2 unspecified atom stereocenters. The van der Waals surface area contributed by atoms with E-state index >= 15 is 0 Å². The van der Waals surface area contributed by atoms with E-state index in [-0.39, 0.29) is 24.7 Å². The van der Waals surface area contributed by atoms with E-state index in [2.05, 4.69) is 27.8 Å². The number of hydrogen-bond donors (Lipinski definition) is 4. The molecule has 0 spiro atoms. The van der Waals surface area contributed by atoms with Gasteiger partial charge in [-0.25, -0.2) is 4.79 Å². The summed E-state index contributed by atoms with van der Waals surface area (Å²) in [5.74, 6) is -2.54. The Labute approximate surface area is 244 Å². The lowest BCUT2D eigenvalue weighted by Gasteiger charge is -2.37. The minimum absolute atomic E-state index is 0.00285. The van der Waals surface area contributed by atoms with Gasteiger partial charge in [0.2, 0.25) is 17.6 Å². The number of nitrogens with zero attached hydrogens (tertiary/aromatic N) is 1. The van der Waals surface area contributed by atoms with Crippen molar-refractivity contribution in [2.75, 3.05) is 13.1 Å². The second kappa shape index (κ2) is 14.1. The molecule has 1 aliphatic heterocycles. The Morgan fingerprint density at radius 2 is 1.49 bits per heavy atom. The molecule has 0 bridgehead atoms. The normalized spacial score (nSPS) is 19.4. The monoisotopic (exact) mass is 575 g/mol. The van der Waals surface area contributed by atoms with Crippen LogP contribution in [0.4, 0.5) is 4.79 Å². The SMILES string of the molecule is C=CCNC(=O)C(=O)C(CCC)NC(=O)[C@@H]1CCCN1C(=O)C(NC(=O)N[C@H](C(=O)C1CC1)C(C)(C)C)C(C)(C)C. The third-order valence-electron chi connectivity index (χ3n) is 7.47. The van der Waals surface area contributed by atoms with Gasteiger partial charge in [-0.2, -0.15) is 0 Å². The lowest BCUT2D eigenvalue weighted by Crippen LogP contribution is -2.61. The molecule has 1 saturated heterocycles. The molecule has 0 radical (unpaired) electrons. The minimum atomic E-state index is -1.02. The van der Waals surface area contributed by atoms with Gasteiger partial charge >= 0.3 is 6.03 Å². The Bertz CT molecular complexity index is 1020. The first kappa shape index (κ1) is 34.0. The first-order valence-electron chi connectivity index (χ1n) is 14.7. The van der Waals surface area contributed by atoms with Crippen molar-refractivity contribution >= 4 is 35.3 Å². The lowest BCUT2D eigenvalue weighted by molar-refractivity contribution is -0.143. The number of ketones is 2. The van der Waals surface area contributed by atoms with E-state index in [1.165, 1.54) is 11.0 Å². The molecule has 11 heteroatoms. The molecular formula is C30H49N5O6. The topological polar surface area (TPSA) is 154 Å². The van der Waals surface area contributed by atoms with Crippen molar-refractivity contribution in [2.24, 2.45) is 16.7 Å². The van der Waals surface area contributed by atoms with Crippen LogP contribution in [0.25, 0.3) is 0 Å². The van der Waals surface area contributed by atoms with E-state index in [1.54, 1.807) is 0 Å². The maximum Gasteiger partial charge on any atom is 0.316 e. The van der Waals surface area contributed by atoms with Gasteiger partial charge in [-0.15, -0.1) is 6.58 Å². The molecule has 230 valence electrons. The van der Waals surface area contributed by atoms with Crippen molar-refractivity contribution in [2.45, 2.75) is 111 Å². The Kier molecular flexibility index (Phi) is 11.7. The standard InChI is InChI=1S/C30H49N5O6/c1-9-12-19(22(37)26(39)31-16-10-2)32-25(38)20-13-11-17-35(20)27(40)24(30(6,7)8)34-28(41)33-23(29(3,4)5)21(36)18-14-15-18/h10,18-20,23-24H,2,9,11-17H2,1,3-8H3,(H,31,39)(H,32,38)(H2,33,34,41)/t19?,20-,23+,24?/m0/s1. The fourth-order valence-electron chi connectivity index (χ4n) is 4.98. The van der Waals surface area contributed by atoms with Crippen LogP contribution in [0, 0.1) is 16.7 Å². The molecule has 0 aromatic rings. The molecule has 2 aliphatic rings. The number of rotatable bonds is 13. The molecular weight excluding hydrogens is 526 g/mol. The van der Waals surface area contributed by atoms with E-state index in [4.69, 9.17) is 0 Å². The predicted octanol–water partition coefficient (Wildman–Crippen LogP) is 2.24. The average Bonchev–Trinajstić information content (AvgIpc) is 3.62. The molecule has 4 atom stereocenters. The molecule has 0 aromatic heterocycles. The molecule has 2 rings (SSSR count). The molecule has 1 aliphatic carbocycles. The van der Waals surface area contributed by atoms with Crippen molar-refractivity contribution in [3.63, 3.8) is 0 Å². The van der Waals surface area contributed by atoms with Crippen LogP contribution in [-0.4, -0.2) is 77.5 Å². The number of carbonyl (C=O) groups is 6. The Morgan fingerprint density at radius 3 is 2.00 bits per heavy atom. The van der Waals surface area contributed by atoms with Crippen LogP contribution >= 0.6 is 0 Å². The number of urea groups is 1. The number of Topliss-reactive ketones (excluding diaryl/α,β-unsaturated/α-hetero) is 2. The van der Waals surface area contributed by atoms with Crippen LogP contribution < -0.4 is 21.3 Å². The van der Waals surface area contributed by atoms with Crippen molar-refractivity contribution in [1.82, 2.24) is 26.2 Å². The zero-order chi connectivity index (χ0) is 31.1. The summed E-state index contributed by atoms with van der Waals surface area (Å²) in [6.45, 7) is 16.9. The molecule has 0 aromatic carbocycles. The Balaban J connectivity index is 2.17. The molecule has 5 amide bonds. The van der Waals surface area contributed by atoms with Crippen LogP contribution in [0.5, 0.6) is 0 Å². The van der Waals surface area contributed by atoms with Gasteiger partial charge in [0, 0.05) is 19.0 Å². The molecule has 11 nitrogen and oxygen atoms in total. The van der Waals surface area contributed by atoms with Gasteiger partial charge in [-0.3, -0.25) is 24.0 Å². The Morgan fingerprint density at radius 1 is 0.902 bits per heavy atom. The van der Waals surface area contributed by atoms with E-state index in [1.807, 2.05) is 48.5 Å². The van der Waals surface area contributed by atoms with E-state index < -0.39 is 64.5 Å². The van der Waals surface area contributed by atoms with Gasteiger partial charge in [0.25, 0.3) is 5.91 Å². The van der Waals surface area contributed by atoms with E-state index in [0.29, 0.717) is 25.8 Å². The second-order valence-electron chi connectivity index (χ2n) is 13.3. The fraction of sp³-hybridized carbons (Fsp3) is 0.733. The van der Waals surface area contributed by atoms with E-state index in [0.717, 1.165) is 12.8 Å². The highest BCUT2D eigenvalue weighted by Crippen LogP contribution is 2.35. The summed E-state index contributed by atoms with van der Waals surface area (Å²) >= 11 is 0. The summed E-state index contributed by atoms with van der Waals surface area (Å²) < 4.78 is 0. The van der Waals surface area contributed by atoms with Gasteiger partial charge < -0.3 is 26.2 Å². The number of amides is 5. The van der Waals surface area contributed by atoms with Gasteiger partial charge in [0.1, 0.15) is 12.1 Å². The molecule has 4 N–H and O–H groups in total. The maximum atomic E-state index is 13.8. The first-order chi connectivity index (χ1) is 19.0. The zero-order valence-corrected chi connectivity index (χ0v) is 25.7. The summed E-state index contributed by atoms with van der Waals surface area (Å²) in [6, 6.07) is -4.17. The summed E-state index contributed by atoms with van der Waals surface area (Å²) in [6.07, 6.45) is 4.88. The molecule has 41 heavy (non-hydrogen) atoms. The van der Waals surface area contributed by atoms with Crippen LogP contribution in [0.15, 0.2) is 12.7 Å². The number of hydrogen-bond acceptors (Lipinski definition) is 6. The van der Waals surface area contributed by atoms with Gasteiger partial charge in [-0.1, -0.05) is 61.0 Å². The third kappa shape index (κ3) is 9.39. The second-order valence-corrected chi connectivity index (χ2v) is 13.3. The van der Waals surface area contributed by atoms with Crippen LogP contribution in [0.1, 0.15) is 87.0 Å². The maximum absolute atomic E-state index is 13.8. The third-order valence-corrected chi connectivity index (χ3v) is 7.47. The van der Waals surface area contributed by atoms with Gasteiger partial charge in [0.15, 0.2) is 5.78 Å². The van der Waals surface area contributed by atoms with Crippen molar-refractivity contribution in [3.8, 4) is 0 Å². The van der Waals surface area contributed by atoms with Crippen molar-refractivity contribution in [1.29, 1.82) is 0 Å². The molecule has 1 saturated carbocycles. The highest BCUT2D eigenvalue weighted by atomic mass is 16.2. The number of likely N-dealkylation sites (tertiary alicyclic amines) is 1. The summed E-state index contributed by atoms with van der Waals surface area (Å²) in [4.78, 5) is 79.6. The highest BCUT2D eigenvalue weighted by molar-refractivity contribution is 6.38. The lowest BCUT2D eigenvalue weighted by atomic mass is 9.82. The summed E-state index contributed by atoms with van der Waals surface area (Å²) in [5.41, 5.74) is -1.22. The van der Waals surface area contributed by atoms with Crippen LogP contribution in [0.2, 0.25) is 0 Å². The highest BCUT2D eigenvalue weighted by Gasteiger charge is 2.44. The fourth-order valence-corrected chi connectivity index (χ4v) is 4.98. The summed E-state index contributed by atoms with van der Waals surface area (Å²) in [5, 5.41) is 10.7. The largest absolute Gasteiger partial charge is 0.346 e. The zero-order valence-electron chi connectivity index (χ0n) is 25.7.